The van der Waals surface area contributed by atoms with E-state index in [-0.39, 0.29) is 12.2 Å². The monoisotopic (exact) mass is 464 g/mol. The predicted octanol–water partition coefficient (Wildman–Crippen LogP) is 4.12. The lowest BCUT2D eigenvalue weighted by Crippen LogP contribution is -2.40. The Morgan fingerprint density at radius 1 is 1.19 bits per heavy atom. The highest BCUT2D eigenvalue weighted by molar-refractivity contribution is 7.07. The molecule has 7 heteroatoms. The summed E-state index contributed by atoms with van der Waals surface area (Å²) in [6, 6.07) is 16.3. The number of halogens is 1. The molecule has 0 bridgehead atoms. The van der Waals surface area contributed by atoms with Gasteiger partial charge in [-0.2, -0.15) is 0 Å². The highest BCUT2D eigenvalue weighted by Crippen LogP contribution is 2.34. The molecular formula is C25H21ClN2O3S. The molecule has 0 spiro atoms. The molecule has 162 valence electrons. The number of thiazole rings is 1. The average molecular weight is 465 g/mol. The van der Waals surface area contributed by atoms with Crippen LogP contribution in [0.2, 0.25) is 5.02 Å². The van der Waals surface area contributed by atoms with Gasteiger partial charge < -0.3 is 4.74 Å². The molecule has 32 heavy (non-hydrogen) atoms. The van der Waals surface area contributed by atoms with E-state index in [4.69, 9.17) is 16.3 Å². The van der Waals surface area contributed by atoms with Crippen molar-refractivity contribution in [2.75, 3.05) is 6.61 Å². The molecule has 0 amide bonds. The van der Waals surface area contributed by atoms with E-state index in [2.05, 4.69) is 4.99 Å². The minimum atomic E-state index is -0.709. The molecule has 4 rings (SSSR count). The number of ether oxygens (including phenoxy) is 1. The molecule has 2 heterocycles. The number of esters is 1. The Bertz CT molecular complexity index is 1400. The molecule has 1 atom stereocenters. The molecule has 2 aromatic carbocycles. The number of carbonyl (C=O) groups is 1. The Kier molecular flexibility index (Phi) is 6.53. The van der Waals surface area contributed by atoms with Crippen molar-refractivity contribution in [3.8, 4) is 0 Å². The maximum Gasteiger partial charge on any atom is 0.338 e. The first-order chi connectivity index (χ1) is 15.5. The summed E-state index contributed by atoms with van der Waals surface area (Å²) in [5, 5.41) is 0.465. The smallest absolute Gasteiger partial charge is 0.338 e. The molecule has 5 nitrogen and oxygen atoms in total. The number of aromatic nitrogens is 1. The van der Waals surface area contributed by atoms with Crippen LogP contribution < -0.4 is 14.9 Å². The fourth-order valence-corrected chi connectivity index (χ4v) is 4.84. The van der Waals surface area contributed by atoms with Crippen LogP contribution in [0.4, 0.5) is 0 Å². The first-order valence-corrected chi connectivity index (χ1v) is 11.4. The van der Waals surface area contributed by atoms with Crippen LogP contribution in [-0.2, 0) is 9.53 Å². The molecule has 1 aromatic heterocycles. The van der Waals surface area contributed by atoms with Crippen LogP contribution in [0.15, 0.2) is 81.7 Å². The van der Waals surface area contributed by atoms with Gasteiger partial charge in [0.1, 0.15) is 6.04 Å². The fraction of sp³-hybridized carbons (Fsp3) is 0.160. The van der Waals surface area contributed by atoms with Gasteiger partial charge >= 0.3 is 5.97 Å². The second-order valence-electron chi connectivity index (χ2n) is 7.12. The molecule has 0 unspecified atom stereocenters. The van der Waals surface area contributed by atoms with E-state index >= 15 is 0 Å². The predicted molar refractivity (Wildman–Crippen MR) is 128 cm³/mol. The number of rotatable bonds is 5. The Morgan fingerprint density at radius 3 is 2.62 bits per heavy atom. The van der Waals surface area contributed by atoms with Crippen LogP contribution in [0.5, 0.6) is 0 Å². The highest BCUT2D eigenvalue weighted by Gasteiger charge is 2.34. The topological polar surface area (TPSA) is 60.7 Å². The second-order valence-corrected chi connectivity index (χ2v) is 8.53. The summed E-state index contributed by atoms with van der Waals surface area (Å²) in [5.74, 6) is -0.503. The number of hydrogen-bond donors (Lipinski definition) is 0. The van der Waals surface area contributed by atoms with Crippen LogP contribution in [0.1, 0.15) is 31.0 Å². The lowest BCUT2D eigenvalue weighted by Gasteiger charge is -2.25. The van der Waals surface area contributed by atoms with Crippen molar-refractivity contribution in [2.24, 2.45) is 4.99 Å². The standard InChI is InChI=1S/C25H21ClN2O3S/c1-3-31-24(30)21-16(2)27-25-28(22(21)18-13-7-8-14-19(18)26)23(29)20(32-25)15-9-12-17-10-5-4-6-11-17/h4-15,22H,3H2,1-2H3/b12-9+,20-15+/t22-/m1/s1. The number of allylic oxidation sites excluding steroid dienone is 2. The highest BCUT2D eigenvalue weighted by atomic mass is 35.5. The van der Waals surface area contributed by atoms with Gasteiger partial charge in [0, 0.05) is 5.02 Å². The Labute approximate surface area is 194 Å². The van der Waals surface area contributed by atoms with Gasteiger partial charge in [0.05, 0.1) is 22.4 Å². The van der Waals surface area contributed by atoms with Gasteiger partial charge in [-0.15, -0.1) is 0 Å². The Morgan fingerprint density at radius 2 is 1.91 bits per heavy atom. The molecule has 0 aliphatic carbocycles. The van der Waals surface area contributed by atoms with Gasteiger partial charge in [0.25, 0.3) is 5.56 Å². The third-order valence-electron chi connectivity index (χ3n) is 5.05. The summed E-state index contributed by atoms with van der Waals surface area (Å²) in [4.78, 5) is 31.3. The van der Waals surface area contributed by atoms with Crippen LogP contribution in [0, 0.1) is 0 Å². The lowest BCUT2D eigenvalue weighted by atomic mass is 9.96. The van der Waals surface area contributed by atoms with Crippen LogP contribution >= 0.6 is 22.9 Å². The first-order valence-electron chi connectivity index (χ1n) is 10.2. The van der Waals surface area contributed by atoms with Gasteiger partial charge in [-0.05, 0) is 37.1 Å². The SMILES string of the molecule is CCOC(=O)C1=C(C)N=c2s/c(=C/C=C/c3ccccc3)c(=O)n2[C@@H]1c1ccccc1Cl. The molecule has 0 saturated carbocycles. The van der Waals surface area contributed by atoms with Crippen LogP contribution in [-0.4, -0.2) is 17.1 Å². The minimum absolute atomic E-state index is 0.222. The summed E-state index contributed by atoms with van der Waals surface area (Å²) in [6.45, 7) is 3.72. The summed E-state index contributed by atoms with van der Waals surface area (Å²) in [6.07, 6.45) is 5.54. The van der Waals surface area contributed by atoms with E-state index in [1.807, 2.05) is 60.7 Å². The summed E-state index contributed by atoms with van der Waals surface area (Å²) in [5.41, 5.74) is 2.29. The van der Waals surface area contributed by atoms with Crippen LogP contribution in [0.25, 0.3) is 12.2 Å². The normalized spacial score (nSPS) is 16.2. The lowest BCUT2D eigenvalue weighted by molar-refractivity contribution is -0.139. The third kappa shape index (κ3) is 4.24. The number of fused-ring (bicyclic) bond motifs is 1. The fourth-order valence-electron chi connectivity index (χ4n) is 3.61. The summed E-state index contributed by atoms with van der Waals surface area (Å²) >= 11 is 7.77. The van der Waals surface area contributed by atoms with E-state index in [0.29, 0.717) is 31.2 Å². The number of benzene rings is 2. The third-order valence-corrected chi connectivity index (χ3v) is 6.40. The molecule has 0 radical (unpaired) electrons. The maximum absolute atomic E-state index is 13.4. The number of carbonyl (C=O) groups excluding carboxylic acids is 1. The summed E-state index contributed by atoms with van der Waals surface area (Å²) in [7, 11) is 0. The van der Waals surface area contributed by atoms with E-state index in [9.17, 15) is 9.59 Å². The van der Waals surface area contributed by atoms with Crippen molar-refractivity contribution in [3.05, 3.63) is 108 Å². The van der Waals surface area contributed by atoms with E-state index in [1.165, 1.54) is 15.9 Å². The zero-order chi connectivity index (χ0) is 22.7. The van der Waals surface area contributed by atoms with Crippen LogP contribution in [0.3, 0.4) is 0 Å². The van der Waals surface area contributed by atoms with Gasteiger partial charge in [0.15, 0.2) is 4.80 Å². The van der Waals surface area contributed by atoms with E-state index in [1.54, 1.807) is 26.0 Å². The Hall–Kier alpha value is -3.22. The molecular weight excluding hydrogens is 444 g/mol. The molecule has 0 N–H and O–H groups in total. The van der Waals surface area contributed by atoms with Gasteiger partial charge in [0.2, 0.25) is 0 Å². The molecule has 0 fully saturated rings. The molecule has 3 aromatic rings. The Balaban J connectivity index is 1.88. The second kappa shape index (κ2) is 9.51. The summed E-state index contributed by atoms with van der Waals surface area (Å²) < 4.78 is 7.34. The van der Waals surface area contributed by atoms with E-state index in [0.717, 1.165) is 5.56 Å². The quantitative estimate of drug-likeness (QED) is 0.534. The van der Waals surface area contributed by atoms with Crippen molar-refractivity contribution in [1.29, 1.82) is 0 Å². The average Bonchev–Trinajstić information content (AvgIpc) is 3.09. The molecule has 0 saturated heterocycles. The van der Waals surface area contributed by atoms with Crippen molar-refractivity contribution in [2.45, 2.75) is 19.9 Å². The van der Waals surface area contributed by atoms with Crippen molar-refractivity contribution in [3.63, 3.8) is 0 Å². The van der Waals surface area contributed by atoms with Gasteiger partial charge in [-0.1, -0.05) is 83.6 Å². The molecule has 1 aliphatic rings. The van der Waals surface area contributed by atoms with Gasteiger partial charge in [-0.25, -0.2) is 9.79 Å². The van der Waals surface area contributed by atoms with Gasteiger partial charge in [-0.3, -0.25) is 9.36 Å². The maximum atomic E-state index is 13.4. The zero-order valence-electron chi connectivity index (χ0n) is 17.6. The first kappa shape index (κ1) is 22.0. The molecule has 1 aliphatic heterocycles. The zero-order valence-corrected chi connectivity index (χ0v) is 19.2. The number of nitrogens with zero attached hydrogens (tertiary/aromatic N) is 2. The largest absolute Gasteiger partial charge is 0.463 e. The van der Waals surface area contributed by atoms with Crippen molar-refractivity contribution in [1.82, 2.24) is 4.57 Å². The minimum Gasteiger partial charge on any atom is -0.463 e. The van der Waals surface area contributed by atoms with Crippen molar-refractivity contribution < 1.29 is 9.53 Å². The number of hydrogen-bond acceptors (Lipinski definition) is 5. The van der Waals surface area contributed by atoms with E-state index < -0.39 is 12.0 Å². The van der Waals surface area contributed by atoms with Crippen molar-refractivity contribution >= 4 is 41.1 Å².